The molecule has 0 bridgehead atoms. The second-order valence-electron chi connectivity index (χ2n) is 2.40. The van der Waals surface area contributed by atoms with Gasteiger partial charge < -0.3 is 10.1 Å². The summed E-state index contributed by atoms with van der Waals surface area (Å²) in [6.07, 6.45) is -3.07. The second-order valence-corrected chi connectivity index (χ2v) is 2.81. The summed E-state index contributed by atoms with van der Waals surface area (Å²) in [5.41, 5.74) is -1.35. The van der Waals surface area contributed by atoms with Crippen LogP contribution in [0.1, 0.15) is 17.7 Å². The summed E-state index contributed by atoms with van der Waals surface area (Å²) in [5.74, 6) is -1.05. The normalized spacial score (nSPS) is 10.1. The third-order valence-corrected chi connectivity index (χ3v) is 1.79. The molecule has 0 aliphatic carbocycles. The standard InChI is InChI=1S/C7H2ClF2N3O2/c8-4-1-3(6(9)10)7(13(14)15)12-5(4)2-11/h1,6H. The van der Waals surface area contributed by atoms with Gasteiger partial charge in [-0.05, 0) is 16.0 Å². The number of nitrogens with zero attached hydrogens (tertiary/aromatic N) is 3. The summed E-state index contributed by atoms with van der Waals surface area (Å²) in [6.45, 7) is 0. The first-order chi connectivity index (χ1) is 6.97. The van der Waals surface area contributed by atoms with E-state index in [1.165, 1.54) is 6.07 Å². The third kappa shape index (κ3) is 2.16. The van der Waals surface area contributed by atoms with E-state index in [1.54, 1.807) is 0 Å². The van der Waals surface area contributed by atoms with E-state index in [1.807, 2.05) is 0 Å². The quantitative estimate of drug-likeness (QED) is 0.580. The first kappa shape index (κ1) is 11.3. The van der Waals surface area contributed by atoms with Crippen molar-refractivity contribution < 1.29 is 13.7 Å². The average molecular weight is 234 g/mol. The number of pyridine rings is 1. The van der Waals surface area contributed by atoms with E-state index in [0.717, 1.165) is 0 Å². The van der Waals surface area contributed by atoms with Crippen LogP contribution in [0.15, 0.2) is 6.07 Å². The molecular weight excluding hydrogens is 232 g/mol. The van der Waals surface area contributed by atoms with Crippen molar-refractivity contribution >= 4 is 17.4 Å². The first-order valence-corrected chi connectivity index (χ1v) is 3.88. The van der Waals surface area contributed by atoms with Gasteiger partial charge in [0.15, 0.2) is 0 Å². The molecule has 0 N–H and O–H groups in total. The maximum Gasteiger partial charge on any atom is 0.373 e. The number of hydrogen-bond donors (Lipinski definition) is 0. The Bertz CT molecular complexity index is 458. The number of halogens is 3. The molecule has 0 saturated carbocycles. The minimum Gasteiger partial charge on any atom is -0.358 e. The van der Waals surface area contributed by atoms with Crippen LogP contribution in [0.4, 0.5) is 14.6 Å². The van der Waals surface area contributed by atoms with E-state index < -0.39 is 28.4 Å². The van der Waals surface area contributed by atoms with Gasteiger partial charge in [0.05, 0.1) is 0 Å². The number of nitro groups is 1. The van der Waals surface area contributed by atoms with Gasteiger partial charge in [-0.2, -0.15) is 5.26 Å². The van der Waals surface area contributed by atoms with E-state index in [9.17, 15) is 18.9 Å². The zero-order valence-electron chi connectivity index (χ0n) is 6.95. The molecule has 0 spiro atoms. The van der Waals surface area contributed by atoms with Crippen LogP contribution in [0, 0.1) is 21.4 Å². The summed E-state index contributed by atoms with van der Waals surface area (Å²) in [5, 5.41) is 18.5. The smallest absolute Gasteiger partial charge is 0.358 e. The lowest BCUT2D eigenvalue weighted by molar-refractivity contribution is -0.391. The molecule has 0 aliphatic rings. The maximum absolute atomic E-state index is 12.3. The highest BCUT2D eigenvalue weighted by atomic mass is 35.5. The summed E-state index contributed by atoms with van der Waals surface area (Å²) >= 11 is 5.41. The SMILES string of the molecule is N#Cc1nc([N+](=O)[O-])c(C(F)F)cc1Cl. The van der Waals surface area contributed by atoms with Crippen molar-refractivity contribution in [3.63, 3.8) is 0 Å². The van der Waals surface area contributed by atoms with Crippen LogP contribution in [-0.4, -0.2) is 9.91 Å². The first-order valence-electron chi connectivity index (χ1n) is 3.50. The van der Waals surface area contributed by atoms with Crippen LogP contribution < -0.4 is 0 Å². The van der Waals surface area contributed by atoms with Crippen LogP contribution in [0.25, 0.3) is 0 Å². The lowest BCUT2D eigenvalue weighted by atomic mass is 10.2. The molecule has 0 aromatic carbocycles. The Morgan fingerprint density at radius 1 is 1.67 bits per heavy atom. The molecule has 0 fully saturated rings. The van der Waals surface area contributed by atoms with Crippen molar-refractivity contribution in [2.75, 3.05) is 0 Å². The summed E-state index contributed by atoms with van der Waals surface area (Å²) in [6, 6.07) is 2.14. The monoisotopic (exact) mass is 233 g/mol. The van der Waals surface area contributed by atoms with Gasteiger partial charge in [0.25, 0.3) is 12.1 Å². The topological polar surface area (TPSA) is 79.8 Å². The van der Waals surface area contributed by atoms with Crippen LogP contribution in [0.2, 0.25) is 5.02 Å². The molecule has 5 nitrogen and oxygen atoms in total. The largest absolute Gasteiger partial charge is 0.373 e. The van der Waals surface area contributed by atoms with Gasteiger partial charge >= 0.3 is 5.82 Å². The van der Waals surface area contributed by atoms with Crippen LogP contribution in [0.3, 0.4) is 0 Å². The van der Waals surface area contributed by atoms with Crippen molar-refractivity contribution in [1.29, 1.82) is 5.26 Å². The van der Waals surface area contributed by atoms with Gasteiger partial charge in [0.1, 0.15) is 16.7 Å². The van der Waals surface area contributed by atoms with Gasteiger partial charge in [-0.1, -0.05) is 11.6 Å². The highest BCUT2D eigenvalue weighted by Gasteiger charge is 2.26. The van der Waals surface area contributed by atoms with E-state index in [2.05, 4.69) is 4.98 Å². The highest BCUT2D eigenvalue weighted by molar-refractivity contribution is 6.31. The molecule has 1 aromatic rings. The minimum atomic E-state index is -3.07. The van der Waals surface area contributed by atoms with E-state index in [4.69, 9.17) is 16.9 Å². The van der Waals surface area contributed by atoms with E-state index >= 15 is 0 Å². The van der Waals surface area contributed by atoms with Crippen molar-refractivity contribution in [2.24, 2.45) is 0 Å². The maximum atomic E-state index is 12.3. The minimum absolute atomic E-state index is 0.335. The highest BCUT2D eigenvalue weighted by Crippen LogP contribution is 2.30. The van der Waals surface area contributed by atoms with Gasteiger partial charge in [-0.25, -0.2) is 8.78 Å². The van der Waals surface area contributed by atoms with Gasteiger partial charge in [0.2, 0.25) is 0 Å². The van der Waals surface area contributed by atoms with Gasteiger partial charge in [-0.15, -0.1) is 0 Å². The van der Waals surface area contributed by atoms with Crippen molar-refractivity contribution in [1.82, 2.24) is 4.98 Å². The van der Waals surface area contributed by atoms with E-state index in [0.29, 0.717) is 6.07 Å². The molecule has 1 heterocycles. The van der Waals surface area contributed by atoms with Crippen molar-refractivity contribution in [3.05, 3.63) is 32.5 Å². The molecule has 0 amide bonds. The molecule has 15 heavy (non-hydrogen) atoms. The Morgan fingerprint density at radius 3 is 2.67 bits per heavy atom. The third-order valence-electron chi connectivity index (χ3n) is 1.50. The van der Waals surface area contributed by atoms with E-state index in [-0.39, 0.29) is 5.02 Å². The lowest BCUT2D eigenvalue weighted by Gasteiger charge is -2.01. The Balaban J connectivity index is 3.47. The lowest BCUT2D eigenvalue weighted by Crippen LogP contribution is -2.01. The number of alkyl halides is 2. The molecule has 1 rings (SSSR count). The van der Waals surface area contributed by atoms with Crippen molar-refractivity contribution in [2.45, 2.75) is 6.43 Å². The Labute approximate surface area is 87.1 Å². The summed E-state index contributed by atoms with van der Waals surface area (Å²) in [7, 11) is 0. The fraction of sp³-hybridized carbons (Fsp3) is 0.143. The number of rotatable bonds is 2. The molecule has 0 radical (unpaired) electrons. The van der Waals surface area contributed by atoms with Crippen LogP contribution >= 0.6 is 11.6 Å². The molecule has 8 heteroatoms. The number of aromatic nitrogens is 1. The molecular formula is C7H2ClF2N3O2. The molecule has 78 valence electrons. The summed E-state index contributed by atoms with van der Waals surface area (Å²) < 4.78 is 24.6. The predicted octanol–water partition coefficient (Wildman–Crippen LogP) is 2.45. The van der Waals surface area contributed by atoms with Gasteiger partial charge in [0, 0.05) is 0 Å². The fourth-order valence-electron chi connectivity index (χ4n) is 0.879. The van der Waals surface area contributed by atoms with Crippen LogP contribution in [0.5, 0.6) is 0 Å². The molecule has 0 saturated heterocycles. The zero-order valence-corrected chi connectivity index (χ0v) is 7.70. The Kier molecular flexibility index (Phi) is 3.11. The Morgan fingerprint density at radius 2 is 2.27 bits per heavy atom. The molecule has 0 aliphatic heterocycles. The Hall–Kier alpha value is -1.81. The predicted molar refractivity (Wildman–Crippen MR) is 45.6 cm³/mol. The van der Waals surface area contributed by atoms with Crippen LogP contribution in [-0.2, 0) is 0 Å². The fourth-order valence-corrected chi connectivity index (χ4v) is 1.08. The van der Waals surface area contributed by atoms with Gasteiger partial charge in [-0.3, -0.25) is 0 Å². The molecule has 0 unspecified atom stereocenters. The number of nitriles is 1. The second kappa shape index (κ2) is 4.14. The zero-order chi connectivity index (χ0) is 11.6. The van der Waals surface area contributed by atoms with Crippen molar-refractivity contribution in [3.8, 4) is 6.07 Å². The summed E-state index contributed by atoms with van der Waals surface area (Å²) in [4.78, 5) is 12.4. The molecule has 0 atom stereocenters. The molecule has 1 aromatic heterocycles. The average Bonchev–Trinajstić information content (AvgIpc) is 2.16. The number of hydrogen-bond acceptors (Lipinski definition) is 4.